The molecule has 156 valence electrons. The van der Waals surface area contributed by atoms with Crippen molar-refractivity contribution in [2.75, 3.05) is 0 Å². The third-order valence-corrected chi connectivity index (χ3v) is 7.82. The van der Waals surface area contributed by atoms with Crippen LogP contribution in [0.4, 0.5) is 0 Å². The van der Waals surface area contributed by atoms with Crippen LogP contribution in [0, 0.1) is 0 Å². The predicted octanol–water partition coefficient (Wildman–Crippen LogP) is 9.17. The average molecular weight is 453 g/mol. The van der Waals surface area contributed by atoms with E-state index in [-0.39, 0.29) is 5.92 Å². The minimum Gasteiger partial charge on any atom is -0.0827 e. The van der Waals surface area contributed by atoms with Crippen molar-refractivity contribution in [3.8, 4) is 22.3 Å². The van der Waals surface area contributed by atoms with Gasteiger partial charge in [0, 0.05) is 11.5 Å². The summed E-state index contributed by atoms with van der Waals surface area (Å²) in [4.78, 5) is 0. The summed E-state index contributed by atoms with van der Waals surface area (Å²) in [6.07, 6.45) is 4.40. The zero-order valence-corrected chi connectivity index (χ0v) is 19.3. The molecule has 1 unspecified atom stereocenters. The Morgan fingerprint density at radius 1 is 0.719 bits per heavy atom. The topological polar surface area (TPSA) is 0 Å². The quantitative estimate of drug-likeness (QED) is 0.255. The smallest absolute Gasteiger partial charge is 0.0670 e. The highest BCUT2D eigenvalue weighted by Gasteiger charge is 2.32. The molecule has 32 heavy (non-hydrogen) atoms. The van der Waals surface area contributed by atoms with E-state index in [1.165, 1.54) is 44.5 Å². The summed E-state index contributed by atoms with van der Waals surface area (Å²) in [5.41, 5.74) is 13.3. The van der Waals surface area contributed by atoms with Crippen molar-refractivity contribution >= 4 is 29.3 Å². The highest BCUT2D eigenvalue weighted by molar-refractivity contribution is 6.43. The molecule has 4 aromatic carbocycles. The second kappa shape index (κ2) is 7.66. The molecule has 1 atom stereocenters. The second-order valence-electron chi connectivity index (χ2n) is 8.62. The number of benzene rings is 4. The standard InChI is InChI=1S/C30H22Cl2/c1-2-18-16-26-22(25-14-7-15-28(31)30(25)32)11-6-13-23(26)29(18)24-12-5-10-21-20-9-4-3-8-19(20)17-27(21)24/h3-16,29H,2,17H2,1H3. The van der Waals surface area contributed by atoms with Gasteiger partial charge in [-0.25, -0.2) is 0 Å². The highest BCUT2D eigenvalue weighted by atomic mass is 35.5. The maximum Gasteiger partial charge on any atom is 0.0670 e. The van der Waals surface area contributed by atoms with Gasteiger partial charge in [0.15, 0.2) is 0 Å². The van der Waals surface area contributed by atoms with E-state index in [1.54, 1.807) is 0 Å². The van der Waals surface area contributed by atoms with Gasteiger partial charge in [-0.2, -0.15) is 0 Å². The van der Waals surface area contributed by atoms with Crippen molar-refractivity contribution in [3.05, 3.63) is 122 Å². The molecule has 6 rings (SSSR count). The van der Waals surface area contributed by atoms with Gasteiger partial charge in [0.05, 0.1) is 10.0 Å². The molecular formula is C30H22Cl2. The van der Waals surface area contributed by atoms with Crippen LogP contribution >= 0.6 is 23.2 Å². The molecule has 0 aliphatic heterocycles. The van der Waals surface area contributed by atoms with Gasteiger partial charge in [0.2, 0.25) is 0 Å². The summed E-state index contributed by atoms with van der Waals surface area (Å²) in [6, 6.07) is 28.1. The van der Waals surface area contributed by atoms with Crippen LogP contribution in [0.3, 0.4) is 0 Å². The van der Waals surface area contributed by atoms with E-state index < -0.39 is 0 Å². The molecule has 0 N–H and O–H groups in total. The van der Waals surface area contributed by atoms with Crippen LogP contribution in [0.5, 0.6) is 0 Å². The molecule has 2 heteroatoms. The molecule has 0 radical (unpaired) electrons. The van der Waals surface area contributed by atoms with Gasteiger partial charge in [-0.1, -0.05) is 115 Å². The Hall–Kier alpha value is -2.80. The minimum atomic E-state index is 0.275. The van der Waals surface area contributed by atoms with Gasteiger partial charge in [-0.15, -0.1) is 0 Å². The second-order valence-corrected chi connectivity index (χ2v) is 9.41. The Bertz CT molecular complexity index is 1410. The van der Waals surface area contributed by atoms with E-state index in [1.807, 2.05) is 12.1 Å². The van der Waals surface area contributed by atoms with Crippen molar-refractivity contribution in [1.29, 1.82) is 0 Å². The molecule has 2 aliphatic rings. The number of rotatable bonds is 3. The molecule has 0 aromatic heterocycles. The Balaban J connectivity index is 1.54. The summed E-state index contributed by atoms with van der Waals surface area (Å²) in [5, 5.41) is 1.21. The lowest BCUT2D eigenvalue weighted by atomic mass is 9.82. The summed E-state index contributed by atoms with van der Waals surface area (Å²) in [5.74, 6) is 0.275. The summed E-state index contributed by atoms with van der Waals surface area (Å²) < 4.78 is 0. The largest absolute Gasteiger partial charge is 0.0827 e. The van der Waals surface area contributed by atoms with Crippen LogP contribution < -0.4 is 0 Å². The molecular weight excluding hydrogens is 431 g/mol. The fraction of sp³-hybridized carbons (Fsp3) is 0.133. The lowest BCUT2D eigenvalue weighted by Crippen LogP contribution is -2.05. The maximum atomic E-state index is 6.63. The number of allylic oxidation sites excluding steroid dienone is 1. The SMILES string of the molecule is CCC1=Cc2c(-c3cccc(Cl)c3Cl)cccc2C1c1cccc2c1Cc1ccccc1-2. The summed E-state index contributed by atoms with van der Waals surface area (Å²) >= 11 is 13.0. The zero-order chi connectivity index (χ0) is 21.8. The number of hydrogen-bond acceptors (Lipinski definition) is 0. The Labute approximate surface area is 199 Å². The average Bonchev–Trinajstić information content (AvgIpc) is 3.39. The minimum absolute atomic E-state index is 0.275. The molecule has 4 aromatic rings. The van der Waals surface area contributed by atoms with Gasteiger partial charge in [0.1, 0.15) is 0 Å². The van der Waals surface area contributed by atoms with Crippen molar-refractivity contribution in [2.45, 2.75) is 25.7 Å². The third kappa shape index (κ3) is 2.90. The van der Waals surface area contributed by atoms with E-state index in [0.29, 0.717) is 10.0 Å². The molecule has 0 saturated carbocycles. The molecule has 0 amide bonds. The predicted molar refractivity (Wildman–Crippen MR) is 137 cm³/mol. The Kier molecular flexibility index (Phi) is 4.75. The van der Waals surface area contributed by atoms with Crippen LogP contribution in [0.1, 0.15) is 47.1 Å². The van der Waals surface area contributed by atoms with Gasteiger partial charge in [-0.3, -0.25) is 0 Å². The van der Waals surface area contributed by atoms with Crippen molar-refractivity contribution in [3.63, 3.8) is 0 Å². The number of halogens is 2. The summed E-state index contributed by atoms with van der Waals surface area (Å²) in [7, 11) is 0. The van der Waals surface area contributed by atoms with E-state index in [0.717, 1.165) is 24.0 Å². The molecule has 0 saturated heterocycles. The van der Waals surface area contributed by atoms with Crippen LogP contribution in [0.2, 0.25) is 10.0 Å². The molecule has 2 aliphatic carbocycles. The third-order valence-electron chi connectivity index (χ3n) is 7.00. The van der Waals surface area contributed by atoms with Gasteiger partial charge in [0.25, 0.3) is 0 Å². The first-order valence-corrected chi connectivity index (χ1v) is 11.9. The zero-order valence-electron chi connectivity index (χ0n) is 17.8. The summed E-state index contributed by atoms with van der Waals surface area (Å²) in [6.45, 7) is 2.26. The normalized spacial score (nSPS) is 15.8. The van der Waals surface area contributed by atoms with E-state index in [4.69, 9.17) is 23.2 Å². The first kappa shape index (κ1) is 19.9. The van der Waals surface area contributed by atoms with Crippen molar-refractivity contribution in [2.24, 2.45) is 0 Å². The van der Waals surface area contributed by atoms with E-state index >= 15 is 0 Å². The first-order chi connectivity index (χ1) is 15.7. The van der Waals surface area contributed by atoms with Crippen molar-refractivity contribution in [1.82, 2.24) is 0 Å². The lowest BCUT2D eigenvalue weighted by Gasteiger charge is -2.21. The van der Waals surface area contributed by atoms with Crippen LogP contribution in [-0.2, 0) is 6.42 Å². The van der Waals surface area contributed by atoms with Gasteiger partial charge in [-0.05, 0) is 63.4 Å². The van der Waals surface area contributed by atoms with E-state index in [9.17, 15) is 0 Å². The number of hydrogen-bond donors (Lipinski definition) is 0. The van der Waals surface area contributed by atoms with Gasteiger partial charge >= 0.3 is 0 Å². The lowest BCUT2D eigenvalue weighted by molar-refractivity contribution is 0.895. The molecule has 0 spiro atoms. The first-order valence-electron chi connectivity index (χ1n) is 11.1. The van der Waals surface area contributed by atoms with Crippen LogP contribution in [0.25, 0.3) is 28.3 Å². The maximum absolute atomic E-state index is 6.63. The highest BCUT2D eigenvalue weighted by Crippen LogP contribution is 2.50. The monoisotopic (exact) mass is 452 g/mol. The fourth-order valence-electron chi connectivity index (χ4n) is 5.54. The number of fused-ring (bicyclic) bond motifs is 4. The van der Waals surface area contributed by atoms with Crippen LogP contribution in [0.15, 0.2) is 84.4 Å². The Morgan fingerprint density at radius 2 is 1.41 bits per heavy atom. The molecule has 0 heterocycles. The molecule has 0 nitrogen and oxygen atoms in total. The molecule has 0 bridgehead atoms. The van der Waals surface area contributed by atoms with E-state index in [2.05, 4.69) is 79.7 Å². The molecule has 0 fully saturated rings. The van der Waals surface area contributed by atoms with Gasteiger partial charge < -0.3 is 0 Å². The van der Waals surface area contributed by atoms with Crippen LogP contribution in [-0.4, -0.2) is 0 Å². The van der Waals surface area contributed by atoms with Crippen molar-refractivity contribution < 1.29 is 0 Å². The Morgan fingerprint density at radius 3 is 2.25 bits per heavy atom. The fourth-order valence-corrected chi connectivity index (χ4v) is 5.94.